The average Bonchev–Trinajstić information content (AvgIpc) is 2.87. The van der Waals surface area contributed by atoms with Crippen LogP contribution in [0.15, 0.2) is 18.2 Å². The number of halogens is 1. The molecule has 1 heterocycles. The molecule has 3 N–H and O–H groups in total. The molecule has 1 amide bonds. The molecule has 2 rings (SSSR count). The normalized spacial score (nSPS) is 10.2. The number of carbonyl (C=O) groups is 2. The maximum atomic E-state index is 11.4. The number of ether oxygens (including phenoxy) is 1. The first-order valence-corrected chi connectivity index (χ1v) is 5.51. The number of aromatic nitrogens is 3. The van der Waals surface area contributed by atoms with Crippen LogP contribution in [0, 0.1) is 0 Å². The number of primary amides is 1. The largest absolute Gasteiger partial charge is 0.465 e. The molecule has 0 aliphatic heterocycles. The molecule has 0 saturated carbocycles. The molecule has 0 fully saturated rings. The minimum atomic E-state index is -0.711. The average molecular weight is 281 g/mol. The van der Waals surface area contributed by atoms with E-state index in [9.17, 15) is 9.59 Å². The van der Waals surface area contributed by atoms with Gasteiger partial charge in [-0.2, -0.15) is 15.4 Å². The predicted octanol–water partition coefficient (Wildman–Crippen LogP) is 1.01. The van der Waals surface area contributed by atoms with Crippen LogP contribution in [-0.2, 0) is 4.74 Å². The number of carbonyl (C=O) groups excluding carboxylic acids is 2. The van der Waals surface area contributed by atoms with Gasteiger partial charge in [0.25, 0.3) is 5.91 Å². The van der Waals surface area contributed by atoms with Crippen molar-refractivity contribution in [3.05, 3.63) is 34.5 Å². The zero-order valence-electron chi connectivity index (χ0n) is 9.81. The van der Waals surface area contributed by atoms with E-state index in [0.717, 1.165) is 0 Å². The Balaban J connectivity index is 2.48. The van der Waals surface area contributed by atoms with Crippen LogP contribution in [0.5, 0.6) is 0 Å². The molecule has 7 nitrogen and oxygen atoms in total. The first-order valence-electron chi connectivity index (χ1n) is 5.13. The third kappa shape index (κ3) is 2.41. The molecule has 0 spiro atoms. The first-order chi connectivity index (χ1) is 9.04. The van der Waals surface area contributed by atoms with Gasteiger partial charge in [-0.1, -0.05) is 17.7 Å². The quantitative estimate of drug-likeness (QED) is 0.815. The standard InChI is InChI=1S/C11H9ClN4O3/c1-19-11(18)6-3-2-5(4-7(6)12)8-9(10(13)17)15-16-14-8/h2-4H,1H3,(H2,13,17)(H,14,15,16). The number of hydrogen-bond donors (Lipinski definition) is 2. The van der Waals surface area contributed by atoms with Crippen LogP contribution in [0.2, 0.25) is 5.02 Å². The second-order valence-corrected chi connectivity index (χ2v) is 3.98. The summed E-state index contributed by atoms with van der Waals surface area (Å²) < 4.78 is 4.58. The van der Waals surface area contributed by atoms with Gasteiger partial charge in [-0.15, -0.1) is 0 Å². The van der Waals surface area contributed by atoms with Crippen molar-refractivity contribution in [2.24, 2.45) is 5.73 Å². The van der Waals surface area contributed by atoms with Crippen molar-refractivity contribution in [2.75, 3.05) is 7.11 Å². The Morgan fingerprint density at radius 1 is 1.37 bits per heavy atom. The highest BCUT2D eigenvalue weighted by Gasteiger charge is 2.17. The molecule has 19 heavy (non-hydrogen) atoms. The first kappa shape index (κ1) is 13.0. The summed E-state index contributed by atoms with van der Waals surface area (Å²) >= 11 is 5.98. The summed E-state index contributed by atoms with van der Waals surface area (Å²) in [4.78, 5) is 22.5. The number of hydrogen-bond acceptors (Lipinski definition) is 5. The summed E-state index contributed by atoms with van der Waals surface area (Å²) in [5.74, 6) is -1.26. The van der Waals surface area contributed by atoms with Gasteiger partial charge in [0.2, 0.25) is 0 Å². The number of H-pyrrole nitrogens is 1. The molecule has 0 aliphatic rings. The monoisotopic (exact) mass is 280 g/mol. The summed E-state index contributed by atoms with van der Waals surface area (Å²) in [5.41, 5.74) is 6.17. The second-order valence-electron chi connectivity index (χ2n) is 3.57. The summed E-state index contributed by atoms with van der Waals surface area (Å²) in [6.45, 7) is 0. The number of esters is 1. The Bertz CT molecular complexity index is 653. The van der Waals surface area contributed by atoms with Gasteiger partial charge in [-0.3, -0.25) is 4.79 Å². The summed E-state index contributed by atoms with van der Waals surface area (Å²) in [6, 6.07) is 4.53. The summed E-state index contributed by atoms with van der Waals surface area (Å²) in [7, 11) is 1.26. The Hall–Kier alpha value is -2.41. The van der Waals surface area contributed by atoms with Gasteiger partial charge in [-0.05, 0) is 12.1 Å². The fourth-order valence-electron chi connectivity index (χ4n) is 1.54. The highest BCUT2D eigenvalue weighted by Crippen LogP contribution is 2.26. The van der Waals surface area contributed by atoms with E-state index in [0.29, 0.717) is 5.56 Å². The number of amides is 1. The lowest BCUT2D eigenvalue weighted by molar-refractivity contribution is 0.0601. The lowest BCUT2D eigenvalue weighted by Gasteiger charge is -2.04. The number of nitrogens with one attached hydrogen (secondary N) is 1. The molecule has 0 unspecified atom stereocenters. The van der Waals surface area contributed by atoms with Crippen molar-refractivity contribution < 1.29 is 14.3 Å². The minimum Gasteiger partial charge on any atom is -0.465 e. The number of methoxy groups -OCH3 is 1. The molecular formula is C11H9ClN4O3. The third-order valence-corrected chi connectivity index (χ3v) is 2.74. The van der Waals surface area contributed by atoms with Crippen LogP contribution >= 0.6 is 11.6 Å². The molecule has 1 aromatic heterocycles. The minimum absolute atomic E-state index is 0.00175. The van der Waals surface area contributed by atoms with Crippen LogP contribution in [0.4, 0.5) is 0 Å². The van der Waals surface area contributed by atoms with E-state index in [4.69, 9.17) is 17.3 Å². The van der Waals surface area contributed by atoms with Crippen LogP contribution in [0.1, 0.15) is 20.8 Å². The molecular weight excluding hydrogens is 272 g/mol. The Kier molecular flexibility index (Phi) is 3.48. The molecule has 0 radical (unpaired) electrons. The number of nitrogens with two attached hydrogens (primary N) is 1. The molecule has 98 valence electrons. The van der Waals surface area contributed by atoms with E-state index in [-0.39, 0.29) is 22.0 Å². The van der Waals surface area contributed by atoms with Gasteiger partial charge in [0.1, 0.15) is 5.69 Å². The Morgan fingerprint density at radius 2 is 2.11 bits per heavy atom. The van der Waals surface area contributed by atoms with Gasteiger partial charge in [0, 0.05) is 5.56 Å². The van der Waals surface area contributed by atoms with E-state index in [1.165, 1.54) is 19.2 Å². The van der Waals surface area contributed by atoms with Gasteiger partial charge in [0.05, 0.1) is 17.7 Å². The van der Waals surface area contributed by atoms with Crippen molar-refractivity contribution in [3.63, 3.8) is 0 Å². The van der Waals surface area contributed by atoms with Gasteiger partial charge < -0.3 is 10.5 Å². The number of rotatable bonds is 3. The lowest BCUT2D eigenvalue weighted by Crippen LogP contribution is -2.12. The molecule has 0 aliphatic carbocycles. The van der Waals surface area contributed by atoms with E-state index < -0.39 is 11.9 Å². The smallest absolute Gasteiger partial charge is 0.339 e. The third-order valence-electron chi connectivity index (χ3n) is 2.43. The van der Waals surface area contributed by atoms with Gasteiger partial charge in [0.15, 0.2) is 5.69 Å². The number of aromatic amines is 1. The SMILES string of the molecule is COC(=O)c1ccc(-c2n[nH]nc2C(N)=O)cc1Cl. The molecule has 1 aromatic carbocycles. The maximum absolute atomic E-state index is 11.4. The molecule has 0 bridgehead atoms. The fraction of sp³-hybridized carbons (Fsp3) is 0.0909. The van der Waals surface area contributed by atoms with E-state index in [1.54, 1.807) is 6.07 Å². The Morgan fingerprint density at radius 3 is 2.68 bits per heavy atom. The highest BCUT2D eigenvalue weighted by atomic mass is 35.5. The lowest BCUT2D eigenvalue weighted by atomic mass is 10.1. The predicted molar refractivity (Wildman–Crippen MR) is 66.7 cm³/mol. The molecule has 0 saturated heterocycles. The maximum Gasteiger partial charge on any atom is 0.339 e. The summed E-state index contributed by atoms with van der Waals surface area (Å²) in [5, 5.41) is 9.98. The van der Waals surface area contributed by atoms with Crippen LogP contribution in [-0.4, -0.2) is 34.4 Å². The number of benzene rings is 1. The van der Waals surface area contributed by atoms with E-state index in [2.05, 4.69) is 20.1 Å². The van der Waals surface area contributed by atoms with Crippen molar-refractivity contribution in [2.45, 2.75) is 0 Å². The van der Waals surface area contributed by atoms with E-state index >= 15 is 0 Å². The molecule has 2 aromatic rings. The fourth-order valence-corrected chi connectivity index (χ4v) is 1.80. The topological polar surface area (TPSA) is 111 Å². The van der Waals surface area contributed by atoms with Crippen LogP contribution in [0.3, 0.4) is 0 Å². The van der Waals surface area contributed by atoms with Gasteiger partial charge in [-0.25, -0.2) is 4.79 Å². The van der Waals surface area contributed by atoms with Crippen LogP contribution < -0.4 is 5.73 Å². The highest BCUT2D eigenvalue weighted by molar-refractivity contribution is 6.33. The van der Waals surface area contributed by atoms with E-state index in [1.807, 2.05) is 0 Å². The summed E-state index contributed by atoms with van der Waals surface area (Å²) in [6.07, 6.45) is 0. The van der Waals surface area contributed by atoms with Crippen molar-refractivity contribution in [1.29, 1.82) is 0 Å². The number of nitrogens with zero attached hydrogens (tertiary/aromatic N) is 2. The molecule has 8 heteroatoms. The zero-order chi connectivity index (χ0) is 14.0. The second kappa shape index (κ2) is 5.07. The molecule has 0 atom stereocenters. The van der Waals surface area contributed by atoms with Crippen molar-refractivity contribution in [3.8, 4) is 11.3 Å². The van der Waals surface area contributed by atoms with Gasteiger partial charge >= 0.3 is 5.97 Å². The van der Waals surface area contributed by atoms with Crippen molar-refractivity contribution in [1.82, 2.24) is 15.4 Å². The van der Waals surface area contributed by atoms with Crippen molar-refractivity contribution >= 4 is 23.5 Å². The Labute approximate surface area is 112 Å². The van der Waals surface area contributed by atoms with Crippen LogP contribution in [0.25, 0.3) is 11.3 Å². The zero-order valence-corrected chi connectivity index (χ0v) is 10.6.